The maximum atomic E-state index is 12.5. The zero-order chi connectivity index (χ0) is 22.6. The Balaban J connectivity index is 1.65. The Kier molecular flexibility index (Phi) is 6.39. The van der Waals surface area contributed by atoms with Crippen molar-refractivity contribution in [2.45, 2.75) is 11.5 Å². The summed E-state index contributed by atoms with van der Waals surface area (Å²) in [5, 5.41) is 22.1. The van der Waals surface area contributed by atoms with E-state index < -0.39 is 17.0 Å². The maximum Gasteiger partial charge on any atom is 0.573 e. The molecule has 1 aromatic heterocycles. The molecule has 0 atom stereocenters. The molecule has 0 aliphatic carbocycles. The Bertz CT molecular complexity index is 1070. The molecule has 0 bridgehead atoms. The van der Waals surface area contributed by atoms with Gasteiger partial charge in [0.15, 0.2) is 0 Å². The van der Waals surface area contributed by atoms with Gasteiger partial charge in [0, 0.05) is 24.9 Å². The number of non-ortho nitro benzene ring substituents is 1. The third-order valence-electron chi connectivity index (χ3n) is 3.90. The predicted octanol–water partition coefficient (Wildman–Crippen LogP) is 3.22. The number of carbonyl (C=O) groups is 1. The van der Waals surface area contributed by atoms with E-state index in [-0.39, 0.29) is 22.5 Å². The number of thioether (sulfide) groups is 1. The molecule has 0 fully saturated rings. The van der Waals surface area contributed by atoms with Gasteiger partial charge >= 0.3 is 6.36 Å². The zero-order valence-corrected chi connectivity index (χ0v) is 16.5. The first-order valence-electron chi connectivity index (χ1n) is 8.42. The summed E-state index contributed by atoms with van der Waals surface area (Å²) < 4.78 is 41.9. The molecule has 31 heavy (non-hydrogen) atoms. The molecule has 2 aromatic carbocycles. The van der Waals surface area contributed by atoms with Crippen molar-refractivity contribution in [3.8, 4) is 11.4 Å². The van der Waals surface area contributed by atoms with Crippen molar-refractivity contribution in [3.05, 3.63) is 58.6 Å². The second-order valence-corrected chi connectivity index (χ2v) is 6.87. The molecule has 0 spiro atoms. The minimum Gasteiger partial charge on any atom is -0.406 e. The molecule has 10 nitrogen and oxygen atoms in total. The number of carbonyl (C=O) groups excluding carboxylic acids is 1. The second kappa shape index (κ2) is 8.99. The topological polar surface area (TPSA) is 116 Å². The number of halogens is 3. The first-order valence-corrected chi connectivity index (χ1v) is 9.41. The Labute approximate surface area is 176 Å². The van der Waals surface area contributed by atoms with E-state index in [0.29, 0.717) is 11.4 Å². The molecule has 3 aromatic rings. The van der Waals surface area contributed by atoms with E-state index in [1.165, 1.54) is 53.0 Å². The maximum absolute atomic E-state index is 12.5. The van der Waals surface area contributed by atoms with Crippen LogP contribution in [0.3, 0.4) is 0 Å². The highest BCUT2D eigenvalue weighted by atomic mass is 32.2. The van der Waals surface area contributed by atoms with Gasteiger partial charge in [0.25, 0.3) is 5.69 Å². The molecule has 0 aliphatic rings. The molecule has 14 heteroatoms. The number of hydrogen-bond acceptors (Lipinski definition) is 8. The highest BCUT2D eigenvalue weighted by Gasteiger charge is 2.31. The number of alkyl halides is 3. The lowest BCUT2D eigenvalue weighted by Crippen LogP contribution is -2.28. The van der Waals surface area contributed by atoms with E-state index in [2.05, 4.69) is 20.3 Å². The van der Waals surface area contributed by atoms with Gasteiger partial charge in [-0.1, -0.05) is 11.8 Å². The van der Waals surface area contributed by atoms with Gasteiger partial charge in [-0.05, 0) is 46.8 Å². The van der Waals surface area contributed by atoms with Crippen LogP contribution in [0.5, 0.6) is 5.75 Å². The van der Waals surface area contributed by atoms with E-state index in [0.717, 1.165) is 23.9 Å². The van der Waals surface area contributed by atoms with E-state index in [9.17, 15) is 28.1 Å². The Morgan fingerprint density at radius 3 is 2.42 bits per heavy atom. The predicted molar refractivity (Wildman–Crippen MR) is 103 cm³/mol. The Hall–Kier alpha value is -3.68. The largest absolute Gasteiger partial charge is 0.573 e. The number of rotatable bonds is 7. The highest BCUT2D eigenvalue weighted by Crippen LogP contribution is 2.25. The van der Waals surface area contributed by atoms with Crippen LogP contribution < -0.4 is 9.64 Å². The first-order chi connectivity index (χ1) is 14.6. The number of amides is 1. The van der Waals surface area contributed by atoms with Crippen molar-refractivity contribution in [2.24, 2.45) is 0 Å². The summed E-state index contributed by atoms with van der Waals surface area (Å²) >= 11 is 1.02. The van der Waals surface area contributed by atoms with Crippen molar-refractivity contribution in [1.29, 1.82) is 0 Å². The third-order valence-corrected chi connectivity index (χ3v) is 4.81. The van der Waals surface area contributed by atoms with E-state index in [1.54, 1.807) is 0 Å². The van der Waals surface area contributed by atoms with E-state index >= 15 is 0 Å². The Morgan fingerprint density at radius 2 is 1.84 bits per heavy atom. The average molecular weight is 454 g/mol. The molecule has 0 saturated heterocycles. The molecule has 0 unspecified atom stereocenters. The summed E-state index contributed by atoms with van der Waals surface area (Å²) in [4.78, 5) is 24.0. The SMILES string of the molecule is CN(C(=O)CSc1nnnn1-c1ccc(OC(F)(F)F)cc1)c1ccc([N+](=O)[O-])cc1. The van der Waals surface area contributed by atoms with Gasteiger partial charge in [-0.15, -0.1) is 18.3 Å². The lowest BCUT2D eigenvalue weighted by atomic mass is 10.2. The zero-order valence-electron chi connectivity index (χ0n) is 15.7. The number of benzene rings is 2. The summed E-state index contributed by atoms with van der Waals surface area (Å²) in [5.41, 5.74) is 0.749. The van der Waals surface area contributed by atoms with Crippen molar-refractivity contribution >= 4 is 29.0 Å². The van der Waals surface area contributed by atoms with Crippen LogP contribution in [0.1, 0.15) is 0 Å². The molecule has 162 valence electrons. The quantitative estimate of drug-likeness (QED) is 0.304. The summed E-state index contributed by atoms with van der Waals surface area (Å²) in [6.07, 6.45) is -4.80. The number of hydrogen-bond donors (Lipinski definition) is 0. The monoisotopic (exact) mass is 454 g/mol. The Morgan fingerprint density at radius 1 is 1.19 bits per heavy atom. The lowest BCUT2D eigenvalue weighted by Gasteiger charge is -2.16. The average Bonchev–Trinajstić information content (AvgIpc) is 3.19. The van der Waals surface area contributed by atoms with Gasteiger partial charge in [-0.25, -0.2) is 0 Å². The molecular weight excluding hydrogens is 441 g/mol. The van der Waals surface area contributed by atoms with Gasteiger partial charge in [0.2, 0.25) is 11.1 Å². The molecular formula is C17H13F3N6O4S. The molecule has 3 rings (SSSR count). The fraction of sp³-hybridized carbons (Fsp3) is 0.176. The second-order valence-electron chi connectivity index (χ2n) is 5.93. The van der Waals surface area contributed by atoms with Crippen LogP contribution in [0.25, 0.3) is 5.69 Å². The molecule has 1 heterocycles. The van der Waals surface area contributed by atoms with Gasteiger partial charge in [-0.2, -0.15) is 4.68 Å². The number of nitro benzene ring substituents is 1. The van der Waals surface area contributed by atoms with Gasteiger partial charge < -0.3 is 9.64 Å². The standard InChI is InChI=1S/C17H13F3N6O4S/c1-24(11-2-4-13(5-3-11)26(28)29)15(27)10-31-16-21-22-23-25(16)12-6-8-14(9-7-12)30-17(18,19)20/h2-9H,10H2,1H3. The summed E-state index contributed by atoms with van der Waals surface area (Å²) in [6.45, 7) is 0. The van der Waals surface area contributed by atoms with Gasteiger partial charge in [0.05, 0.1) is 16.4 Å². The van der Waals surface area contributed by atoms with Crippen LogP contribution in [0.15, 0.2) is 53.7 Å². The summed E-state index contributed by atoms with van der Waals surface area (Å²) in [5.74, 6) is -0.760. The number of nitrogens with zero attached hydrogens (tertiary/aromatic N) is 6. The van der Waals surface area contributed by atoms with Crippen LogP contribution in [-0.4, -0.2) is 50.2 Å². The highest BCUT2D eigenvalue weighted by molar-refractivity contribution is 7.99. The van der Waals surface area contributed by atoms with Crippen LogP contribution in [0.4, 0.5) is 24.5 Å². The normalized spacial score (nSPS) is 11.2. The number of anilines is 1. The number of tetrazole rings is 1. The van der Waals surface area contributed by atoms with Crippen molar-refractivity contribution in [2.75, 3.05) is 17.7 Å². The third kappa shape index (κ3) is 5.69. The molecule has 0 radical (unpaired) electrons. The van der Waals surface area contributed by atoms with Crippen LogP contribution >= 0.6 is 11.8 Å². The fourth-order valence-corrected chi connectivity index (χ4v) is 3.19. The van der Waals surface area contributed by atoms with Gasteiger partial charge in [0.1, 0.15) is 5.75 Å². The summed E-state index contributed by atoms with van der Waals surface area (Å²) in [6, 6.07) is 10.4. The van der Waals surface area contributed by atoms with Crippen LogP contribution in [0.2, 0.25) is 0 Å². The number of ether oxygens (including phenoxy) is 1. The molecule has 0 saturated carbocycles. The first kappa shape index (κ1) is 22.0. The summed E-state index contributed by atoms with van der Waals surface area (Å²) in [7, 11) is 1.52. The molecule has 0 N–H and O–H groups in total. The number of aromatic nitrogens is 4. The van der Waals surface area contributed by atoms with Crippen LogP contribution in [-0.2, 0) is 4.79 Å². The molecule has 0 aliphatic heterocycles. The number of nitro groups is 1. The van der Waals surface area contributed by atoms with Crippen LogP contribution in [0, 0.1) is 10.1 Å². The smallest absolute Gasteiger partial charge is 0.406 e. The minimum atomic E-state index is -4.80. The van der Waals surface area contributed by atoms with E-state index in [4.69, 9.17) is 0 Å². The molecule has 1 amide bonds. The van der Waals surface area contributed by atoms with E-state index in [1.807, 2.05) is 0 Å². The van der Waals surface area contributed by atoms with Crippen molar-refractivity contribution < 1.29 is 27.6 Å². The fourth-order valence-electron chi connectivity index (χ4n) is 2.39. The minimum absolute atomic E-state index is 0.0525. The lowest BCUT2D eigenvalue weighted by molar-refractivity contribution is -0.384. The van der Waals surface area contributed by atoms with Crippen molar-refractivity contribution in [3.63, 3.8) is 0 Å². The van der Waals surface area contributed by atoms with Gasteiger partial charge in [-0.3, -0.25) is 14.9 Å². The van der Waals surface area contributed by atoms with Crippen molar-refractivity contribution in [1.82, 2.24) is 20.2 Å².